The largest absolute Gasteiger partial charge is 1.00 e. The predicted octanol–water partition coefficient (Wildman–Crippen LogP) is -1.65. The fourth-order valence-corrected chi connectivity index (χ4v) is 1.85. The Morgan fingerprint density at radius 3 is 2.06 bits per heavy atom. The monoisotopic (exact) mass is 323 g/mol. The summed E-state index contributed by atoms with van der Waals surface area (Å²) in [6.45, 7) is 15.0. The van der Waals surface area contributed by atoms with E-state index in [4.69, 9.17) is 4.74 Å². The number of quaternary nitrogens is 1. The number of ether oxygens (including phenoxy) is 1. The summed E-state index contributed by atoms with van der Waals surface area (Å²) < 4.78 is 5.79. The Hall–Kier alpha value is -0.390. The highest BCUT2D eigenvalue weighted by molar-refractivity contribution is 5.86. The van der Waals surface area contributed by atoms with E-state index in [0.717, 1.165) is 24.1 Å². The average Bonchev–Trinajstić information content (AvgIpc) is 2.33. The zero-order chi connectivity index (χ0) is 13.5. The molecule has 4 nitrogen and oxygen atoms in total. The van der Waals surface area contributed by atoms with Gasteiger partial charge in [-0.1, -0.05) is 6.58 Å². The van der Waals surface area contributed by atoms with Crippen LogP contribution in [0.1, 0.15) is 27.7 Å². The van der Waals surface area contributed by atoms with E-state index < -0.39 is 12.1 Å². The lowest BCUT2D eigenvalue weighted by molar-refractivity contribution is -0.926. The molecule has 0 spiro atoms. The molecule has 108 valence electrons. The van der Waals surface area contributed by atoms with Crippen LogP contribution in [0.3, 0.4) is 0 Å². The minimum Gasteiger partial charge on any atom is -1.00 e. The van der Waals surface area contributed by atoms with E-state index in [1.165, 1.54) is 0 Å². The minimum absolute atomic E-state index is 0. The molecule has 0 aliphatic heterocycles. The van der Waals surface area contributed by atoms with E-state index in [1.54, 1.807) is 6.92 Å². The summed E-state index contributed by atoms with van der Waals surface area (Å²) in [7, 11) is 0. The van der Waals surface area contributed by atoms with Crippen molar-refractivity contribution in [3.05, 3.63) is 12.2 Å². The van der Waals surface area contributed by atoms with Crippen LogP contribution in [0.4, 0.5) is 0 Å². The van der Waals surface area contributed by atoms with Gasteiger partial charge in [-0.05, 0) is 27.7 Å². The molecule has 5 heteroatoms. The fourth-order valence-electron chi connectivity index (χ4n) is 1.85. The van der Waals surface area contributed by atoms with Crippen LogP contribution in [0.2, 0.25) is 0 Å². The Balaban J connectivity index is 0. The molecule has 0 fully saturated rings. The first-order valence-electron chi connectivity index (χ1n) is 6.26. The van der Waals surface area contributed by atoms with Gasteiger partial charge in [-0.2, -0.15) is 0 Å². The van der Waals surface area contributed by atoms with Gasteiger partial charge in [0.15, 0.2) is 0 Å². The third kappa shape index (κ3) is 6.52. The van der Waals surface area contributed by atoms with Gasteiger partial charge in [0.2, 0.25) is 0 Å². The first-order chi connectivity index (χ1) is 7.90. The summed E-state index contributed by atoms with van der Waals surface area (Å²) in [6.07, 6.45) is -0.613. The molecule has 0 aromatic rings. The van der Waals surface area contributed by atoms with Gasteiger partial charge in [0.25, 0.3) is 0 Å². The van der Waals surface area contributed by atoms with Crippen molar-refractivity contribution >= 4 is 5.97 Å². The minimum atomic E-state index is -0.613. The summed E-state index contributed by atoms with van der Waals surface area (Å²) >= 11 is 0. The van der Waals surface area contributed by atoms with Crippen molar-refractivity contribution in [2.24, 2.45) is 0 Å². The molecule has 0 saturated carbocycles. The number of esters is 1. The highest BCUT2D eigenvalue weighted by Crippen LogP contribution is 2.08. The van der Waals surface area contributed by atoms with E-state index in [0.29, 0.717) is 12.1 Å². The van der Waals surface area contributed by atoms with E-state index in [9.17, 15) is 9.90 Å². The SMILES string of the molecule is C=C(C)C(=O)OCC(O)C[N+](CC)(CC)CC.[Br-]. The topological polar surface area (TPSA) is 46.5 Å². The summed E-state index contributed by atoms with van der Waals surface area (Å²) in [5.41, 5.74) is 0.361. The van der Waals surface area contributed by atoms with Gasteiger partial charge in [0, 0.05) is 5.57 Å². The van der Waals surface area contributed by atoms with Crippen LogP contribution in [0.25, 0.3) is 0 Å². The molecule has 0 heterocycles. The Labute approximate surface area is 121 Å². The van der Waals surface area contributed by atoms with Gasteiger partial charge >= 0.3 is 5.97 Å². The third-order valence-electron chi connectivity index (χ3n) is 3.37. The van der Waals surface area contributed by atoms with Crippen LogP contribution in [0.15, 0.2) is 12.2 Å². The standard InChI is InChI=1S/C13H26NO3.BrH/c1-6-14(7-2,8-3)9-12(15)10-17-13(16)11(4)5;/h12,15H,4,6-10H2,1-3,5H3;1H/q+1;/p-1. The van der Waals surface area contributed by atoms with Crippen LogP contribution in [0.5, 0.6) is 0 Å². The molecule has 1 unspecified atom stereocenters. The number of hydrogen-bond acceptors (Lipinski definition) is 3. The maximum atomic E-state index is 11.2. The Morgan fingerprint density at radius 1 is 1.28 bits per heavy atom. The second-order valence-electron chi connectivity index (χ2n) is 4.51. The number of aliphatic hydroxyl groups is 1. The molecular formula is C13H26BrNO3. The number of likely N-dealkylation sites (N-methyl/N-ethyl adjacent to an activating group) is 1. The number of nitrogens with zero attached hydrogens (tertiary/aromatic N) is 1. The predicted molar refractivity (Wildman–Crippen MR) is 68.5 cm³/mol. The molecule has 0 bridgehead atoms. The number of hydrogen-bond donors (Lipinski definition) is 1. The maximum Gasteiger partial charge on any atom is 0.333 e. The Morgan fingerprint density at radius 2 is 1.72 bits per heavy atom. The summed E-state index contributed by atoms with van der Waals surface area (Å²) in [4.78, 5) is 11.2. The van der Waals surface area contributed by atoms with Crippen LogP contribution in [-0.4, -0.2) is 54.4 Å². The zero-order valence-corrected chi connectivity index (χ0v) is 13.5. The normalized spacial score (nSPS) is 12.5. The molecule has 0 rings (SSSR count). The molecule has 0 radical (unpaired) electrons. The van der Waals surface area contributed by atoms with Crippen LogP contribution in [-0.2, 0) is 9.53 Å². The van der Waals surface area contributed by atoms with E-state index in [2.05, 4.69) is 27.4 Å². The summed E-state index contributed by atoms with van der Waals surface area (Å²) in [6, 6.07) is 0. The van der Waals surface area contributed by atoms with Crippen molar-refractivity contribution in [3.8, 4) is 0 Å². The lowest BCUT2D eigenvalue weighted by Gasteiger charge is -2.37. The molecule has 1 atom stereocenters. The molecular weight excluding hydrogens is 298 g/mol. The molecule has 0 amide bonds. The highest BCUT2D eigenvalue weighted by Gasteiger charge is 2.25. The van der Waals surface area contributed by atoms with Gasteiger partial charge in [-0.15, -0.1) is 0 Å². The lowest BCUT2D eigenvalue weighted by Crippen LogP contribution is -3.00. The smallest absolute Gasteiger partial charge is 0.333 e. The molecule has 1 N–H and O–H groups in total. The van der Waals surface area contributed by atoms with Crippen molar-refractivity contribution in [3.63, 3.8) is 0 Å². The summed E-state index contributed by atoms with van der Waals surface area (Å²) in [5, 5.41) is 9.89. The van der Waals surface area contributed by atoms with E-state index in [1.807, 2.05) is 0 Å². The van der Waals surface area contributed by atoms with Crippen molar-refractivity contribution in [2.45, 2.75) is 33.8 Å². The van der Waals surface area contributed by atoms with Crippen molar-refractivity contribution < 1.29 is 36.1 Å². The number of carbonyl (C=O) groups excluding carboxylic acids is 1. The van der Waals surface area contributed by atoms with Crippen molar-refractivity contribution in [1.29, 1.82) is 0 Å². The number of carbonyl (C=O) groups is 1. The summed E-state index contributed by atoms with van der Waals surface area (Å²) in [5.74, 6) is -0.438. The maximum absolute atomic E-state index is 11.2. The van der Waals surface area contributed by atoms with Crippen LogP contribution >= 0.6 is 0 Å². The molecule has 0 aliphatic rings. The van der Waals surface area contributed by atoms with Gasteiger partial charge in [0.05, 0.1) is 19.6 Å². The quantitative estimate of drug-likeness (QED) is 0.331. The van der Waals surface area contributed by atoms with Crippen molar-refractivity contribution in [2.75, 3.05) is 32.8 Å². The second kappa shape index (κ2) is 9.53. The molecule has 0 aromatic carbocycles. The van der Waals surface area contributed by atoms with E-state index in [-0.39, 0.29) is 23.6 Å². The Bertz CT molecular complexity index is 257. The molecule has 0 aliphatic carbocycles. The van der Waals surface area contributed by atoms with E-state index >= 15 is 0 Å². The van der Waals surface area contributed by atoms with Gasteiger partial charge < -0.3 is 31.3 Å². The van der Waals surface area contributed by atoms with Crippen LogP contribution < -0.4 is 17.0 Å². The molecule has 18 heavy (non-hydrogen) atoms. The average molecular weight is 324 g/mol. The fraction of sp³-hybridized carbons (Fsp3) is 0.769. The third-order valence-corrected chi connectivity index (χ3v) is 3.37. The first-order valence-corrected chi connectivity index (χ1v) is 6.26. The highest BCUT2D eigenvalue weighted by atomic mass is 79.9. The lowest BCUT2D eigenvalue weighted by atomic mass is 10.2. The molecule has 0 saturated heterocycles. The van der Waals surface area contributed by atoms with Gasteiger partial charge in [-0.25, -0.2) is 4.79 Å². The van der Waals surface area contributed by atoms with Crippen molar-refractivity contribution in [1.82, 2.24) is 0 Å². The number of aliphatic hydroxyl groups excluding tert-OH is 1. The Kier molecular flexibility index (Phi) is 10.6. The van der Waals surface area contributed by atoms with Gasteiger partial charge in [0.1, 0.15) is 19.3 Å². The number of rotatable bonds is 8. The molecule has 0 aromatic heterocycles. The second-order valence-corrected chi connectivity index (χ2v) is 4.51. The first kappa shape index (κ1) is 19.9. The zero-order valence-electron chi connectivity index (χ0n) is 11.9. The number of halogens is 1. The van der Waals surface area contributed by atoms with Gasteiger partial charge in [-0.3, -0.25) is 0 Å². The van der Waals surface area contributed by atoms with Crippen LogP contribution in [0, 0.1) is 0 Å².